The Morgan fingerprint density at radius 3 is 2.23 bits per heavy atom. The predicted octanol–water partition coefficient (Wildman–Crippen LogP) is 4.10. The van der Waals surface area contributed by atoms with Crippen LogP contribution >= 0.6 is 0 Å². The van der Waals surface area contributed by atoms with Crippen molar-refractivity contribution in [2.24, 2.45) is 11.8 Å². The summed E-state index contributed by atoms with van der Waals surface area (Å²) >= 11 is 0. The van der Waals surface area contributed by atoms with Gasteiger partial charge < -0.3 is 30.7 Å². The summed E-state index contributed by atoms with van der Waals surface area (Å²) in [5.74, 6) is -1.77. The van der Waals surface area contributed by atoms with Crippen molar-refractivity contribution >= 4 is 23.6 Å². The van der Waals surface area contributed by atoms with Crippen molar-refractivity contribution in [1.29, 1.82) is 0 Å². The number of likely N-dealkylation sites (tertiary alicyclic amines) is 1. The van der Waals surface area contributed by atoms with E-state index in [2.05, 4.69) is 16.0 Å². The molecule has 1 saturated heterocycles. The molecular formula is C36H41FN4O6. The highest BCUT2D eigenvalue weighted by atomic mass is 19.1. The lowest BCUT2D eigenvalue weighted by molar-refractivity contribution is -0.138. The molecule has 6 rings (SSSR count). The number of nitrogens with one attached hydrogen (secondary N) is 3. The lowest BCUT2D eigenvalue weighted by Crippen LogP contribution is -2.58. The van der Waals surface area contributed by atoms with Crippen LogP contribution < -0.4 is 20.7 Å². The van der Waals surface area contributed by atoms with Gasteiger partial charge >= 0.3 is 0 Å². The van der Waals surface area contributed by atoms with E-state index in [9.17, 15) is 28.7 Å². The lowest BCUT2D eigenvalue weighted by Gasteiger charge is -2.35. The van der Waals surface area contributed by atoms with Crippen molar-refractivity contribution < 1.29 is 33.4 Å². The van der Waals surface area contributed by atoms with E-state index < -0.39 is 35.8 Å². The number of fused-ring (bicyclic) bond motifs is 11. The van der Waals surface area contributed by atoms with Crippen molar-refractivity contribution in [3.63, 3.8) is 0 Å². The number of aromatic hydroxyl groups is 1. The van der Waals surface area contributed by atoms with Crippen LogP contribution in [0.25, 0.3) is 0 Å². The van der Waals surface area contributed by atoms with E-state index in [1.807, 2.05) is 0 Å². The van der Waals surface area contributed by atoms with Crippen molar-refractivity contribution in [3.8, 4) is 17.2 Å². The number of phenolic OH excluding ortho intramolecular Hbond substituents is 1. The monoisotopic (exact) mass is 644 g/mol. The number of nitrogens with zero attached hydrogens (tertiary/aromatic N) is 1. The number of phenols is 1. The molecular weight excluding hydrogens is 603 g/mol. The van der Waals surface area contributed by atoms with Gasteiger partial charge in [0, 0.05) is 19.5 Å². The van der Waals surface area contributed by atoms with Gasteiger partial charge in [-0.3, -0.25) is 19.2 Å². The Labute approximate surface area is 273 Å². The zero-order chi connectivity index (χ0) is 33.7. The third-order valence-electron chi connectivity index (χ3n) is 8.78. The van der Waals surface area contributed by atoms with Crippen LogP contribution in [0.2, 0.25) is 0 Å². The van der Waals surface area contributed by atoms with E-state index in [4.69, 9.17) is 4.74 Å². The van der Waals surface area contributed by atoms with Gasteiger partial charge in [-0.1, -0.05) is 38.1 Å². The first-order valence-corrected chi connectivity index (χ1v) is 16.0. The second kappa shape index (κ2) is 14.7. The van der Waals surface area contributed by atoms with Gasteiger partial charge in [-0.25, -0.2) is 4.39 Å². The second-order valence-corrected chi connectivity index (χ2v) is 12.7. The smallest absolute Gasteiger partial charge is 0.255 e. The van der Waals surface area contributed by atoms with E-state index in [0.29, 0.717) is 30.5 Å². The molecule has 1 fully saturated rings. The van der Waals surface area contributed by atoms with E-state index in [-0.39, 0.29) is 35.4 Å². The molecule has 0 spiro atoms. The Bertz CT molecular complexity index is 1600. The molecule has 0 radical (unpaired) electrons. The van der Waals surface area contributed by atoms with Gasteiger partial charge in [0.15, 0.2) is 0 Å². The van der Waals surface area contributed by atoms with Crippen molar-refractivity contribution in [1.82, 2.24) is 20.9 Å². The van der Waals surface area contributed by atoms with Crippen LogP contribution in [-0.2, 0) is 27.2 Å². The molecule has 3 heterocycles. The van der Waals surface area contributed by atoms with Gasteiger partial charge in [-0.05, 0) is 91.6 Å². The number of benzene rings is 3. The molecule has 47 heavy (non-hydrogen) atoms. The molecule has 4 N–H and O–H groups in total. The Kier molecular flexibility index (Phi) is 10.4. The van der Waals surface area contributed by atoms with Gasteiger partial charge in [-0.2, -0.15) is 0 Å². The summed E-state index contributed by atoms with van der Waals surface area (Å²) < 4.78 is 19.3. The standard InChI is InChI=1S/C36H41FN4O6/c1-21(2)32-35(45)38-22(3)33(43)39-30(36(46)41-16-14-25(15-17-41)18-23-4-8-26(37)9-5-23)19-24-6-10-27(11-7-24)47-28-12-13-31(42)29(20-28)34(44)40-32/h4-13,20-22,25,30,32,42H,14-19H2,1-3H3,(H,38,45)(H,39,43)(H,40,44)/t22-,30-,32-/m0/s1. The molecule has 0 aromatic heterocycles. The highest BCUT2D eigenvalue weighted by Gasteiger charge is 2.33. The minimum Gasteiger partial charge on any atom is -0.507 e. The molecule has 0 unspecified atom stereocenters. The fourth-order valence-corrected chi connectivity index (χ4v) is 5.98. The number of hydrogen-bond acceptors (Lipinski definition) is 6. The first-order chi connectivity index (χ1) is 22.5. The lowest BCUT2D eigenvalue weighted by atomic mass is 9.89. The van der Waals surface area contributed by atoms with Crippen LogP contribution in [-0.4, -0.2) is 64.9 Å². The molecule has 0 saturated carbocycles. The molecule has 3 aromatic rings. The van der Waals surface area contributed by atoms with Crippen LogP contribution in [0.5, 0.6) is 17.2 Å². The summed E-state index contributed by atoms with van der Waals surface area (Å²) in [6, 6.07) is 14.9. The molecule has 4 bridgehead atoms. The Morgan fingerprint density at radius 1 is 0.915 bits per heavy atom. The highest BCUT2D eigenvalue weighted by molar-refractivity contribution is 6.00. The van der Waals surface area contributed by atoms with E-state index in [1.165, 1.54) is 37.3 Å². The zero-order valence-corrected chi connectivity index (χ0v) is 26.8. The number of amides is 4. The third-order valence-corrected chi connectivity index (χ3v) is 8.78. The van der Waals surface area contributed by atoms with Crippen LogP contribution in [0.3, 0.4) is 0 Å². The average molecular weight is 645 g/mol. The molecule has 3 aromatic carbocycles. The molecule has 248 valence electrons. The zero-order valence-electron chi connectivity index (χ0n) is 26.8. The van der Waals surface area contributed by atoms with Gasteiger partial charge in [0.2, 0.25) is 17.7 Å². The second-order valence-electron chi connectivity index (χ2n) is 12.7. The fraction of sp³-hybridized carbons (Fsp3) is 0.389. The van der Waals surface area contributed by atoms with E-state index >= 15 is 0 Å². The number of ether oxygens (including phenoxy) is 1. The van der Waals surface area contributed by atoms with Crippen LogP contribution in [0, 0.1) is 17.7 Å². The Hall–Kier alpha value is -4.93. The maximum Gasteiger partial charge on any atom is 0.255 e. The number of hydrogen-bond donors (Lipinski definition) is 4. The van der Waals surface area contributed by atoms with Gasteiger partial charge in [-0.15, -0.1) is 0 Å². The molecule has 4 amide bonds. The molecule has 11 heteroatoms. The quantitative estimate of drug-likeness (QED) is 0.316. The molecule has 3 aliphatic rings. The fourth-order valence-electron chi connectivity index (χ4n) is 5.98. The largest absolute Gasteiger partial charge is 0.507 e. The van der Waals surface area contributed by atoms with E-state index in [1.54, 1.807) is 55.1 Å². The SMILES string of the molecule is CC(C)[C@@H]1NC(=O)c2cc(ccc2O)Oc2ccc(cc2)C[C@@H](C(=O)N2CCC(Cc3ccc(F)cc3)CC2)NC(=O)[C@H](C)NC1=O. The van der Waals surface area contributed by atoms with Crippen LogP contribution in [0.1, 0.15) is 55.1 Å². The van der Waals surface area contributed by atoms with Crippen molar-refractivity contribution in [3.05, 3.63) is 89.2 Å². The van der Waals surface area contributed by atoms with Crippen LogP contribution in [0.4, 0.5) is 4.39 Å². The van der Waals surface area contributed by atoms with Gasteiger partial charge in [0.05, 0.1) is 5.56 Å². The molecule has 10 nitrogen and oxygen atoms in total. The normalized spacial score (nSPS) is 21.3. The first kappa shape index (κ1) is 33.4. The molecule has 3 atom stereocenters. The Balaban J connectivity index is 1.36. The third kappa shape index (κ3) is 8.46. The minimum absolute atomic E-state index is 0.0645. The summed E-state index contributed by atoms with van der Waals surface area (Å²) in [6.07, 6.45) is 2.58. The highest BCUT2D eigenvalue weighted by Crippen LogP contribution is 2.28. The first-order valence-electron chi connectivity index (χ1n) is 16.0. The van der Waals surface area contributed by atoms with E-state index in [0.717, 1.165) is 30.4 Å². The molecule has 3 aliphatic heterocycles. The minimum atomic E-state index is -1.01. The summed E-state index contributed by atoms with van der Waals surface area (Å²) in [7, 11) is 0. The number of carbonyl (C=O) groups is 4. The summed E-state index contributed by atoms with van der Waals surface area (Å²) in [4.78, 5) is 55.6. The number of halogens is 1. The maximum atomic E-state index is 13.9. The maximum absolute atomic E-state index is 13.9. The predicted molar refractivity (Wildman–Crippen MR) is 173 cm³/mol. The summed E-state index contributed by atoms with van der Waals surface area (Å²) in [6.45, 7) is 6.08. The summed E-state index contributed by atoms with van der Waals surface area (Å²) in [5, 5.41) is 18.6. The number of carbonyl (C=O) groups excluding carboxylic acids is 4. The average Bonchev–Trinajstić information content (AvgIpc) is 3.05. The number of piperidine rings is 1. The topological polar surface area (TPSA) is 137 Å². The Morgan fingerprint density at radius 2 is 1.57 bits per heavy atom. The summed E-state index contributed by atoms with van der Waals surface area (Å²) in [5.41, 5.74) is 1.77. The van der Waals surface area contributed by atoms with Crippen molar-refractivity contribution in [2.45, 2.75) is 64.6 Å². The van der Waals surface area contributed by atoms with Crippen LogP contribution in [0.15, 0.2) is 66.7 Å². The van der Waals surface area contributed by atoms with Crippen molar-refractivity contribution in [2.75, 3.05) is 13.1 Å². The van der Waals surface area contributed by atoms with Gasteiger partial charge in [0.25, 0.3) is 5.91 Å². The molecule has 0 aliphatic carbocycles. The number of rotatable bonds is 4. The van der Waals surface area contributed by atoms with Gasteiger partial charge in [0.1, 0.15) is 41.2 Å².